The summed E-state index contributed by atoms with van der Waals surface area (Å²) in [5, 5.41) is 0. The van der Waals surface area contributed by atoms with Crippen LogP contribution in [0, 0.1) is 6.92 Å². The maximum Gasteiger partial charge on any atom is 0.251 e. The lowest BCUT2D eigenvalue weighted by Crippen LogP contribution is -2.15. The van der Waals surface area contributed by atoms with Gasteiger partial charge in [0.25, 0.3) is 5.91 Å². The van der Waals surface area contributed by atoms with Gasteiger partial charge in [-0.25, -0.2) is 0 Å². The molecular formula is C29H36N2O. The number of carbonyl (C=O) groups excluding carboxylic acids is 1. The van der Waals surface area contributed by atoms with E-state index in [9.17, 15) is 4.79 Å². The highest BCUT2D eigenvalue weighted by Gasteiger charge is 2.32. The molecule has 168 valence electrons. The van der Waals surface area contributed by atoms with Crippen LogP contribution < -0.4 is 5.73 Å². The Morgan fingerprint density at radius 2 is 1.78 bits per heavy atom. The van der Waals surface area contributed by atoms with Gasteiger partial charge in [0.2, 0.25) is 0 Å². The van der Waals surface area contributed by atoms with Crippen molar-refractivity contribution in [2.24, 2.45) is 5.73 Å². The van der Waals surface area contributed by atoms with E-state index in [4.69, 9.17) is 5.73 Å². The number of aryl methyl sites for hydroxylation is 1. The molecule has 0 saturated heterocycles. The Balaban J connectivity index is 1.93. The second-order valence-electron chi connectivity index (χ2n) is 10.2. The first-order chi connectivity index (χ1) is 15.2. The molecule has 3 nitrogen and oxygen atoms in total. The van der Waals surface area contributed by atoms with Gasteiger partial charge < -0.3 is 10.3 Å². The van der Waals surface area contributed by atoms with Crippen LogP contribution in [-0.2, 0) is 18.3 Å². The molecule has 0 radical (unpaired) electrons. The quantitative estimate of drug-likeness (QED) is 0.464. The van der Waals surface area contributed by atoms with E-state index in [1.807, 2.05) is 0 Å². The number of unbranched alkanes of at least 4 members (excludes halogenated alkanes) is 1. The van der Waals surface area contributed by atoms with Crippen molar-refractivity contribution in [2.45, 2.75) is 78.2 Å². The number of hydrogen-bond donors (Lipinski definition) is 1. The molecule has 2 aromatic carbocycles. The molecule has 1 aliphatic rings. The van der Waals surface area contributed by atoms with E-state index >= 15 is 0 Å². The molecule has 3 aromatic rings. The summed E-state index contributed by atoms with van der Waals surface area (Å²) in [5.41, 5.74) is 15.2. The maximum atomic E-state index is 12.8. The second kappa shape index (κ2) is 8.61. The van der Waals surface area contributed by atoms with Gasteiger partial charge in [-0.05, 0) is 60.3 Å². The number of aromatic nitrogens is 1. The van der Waals surface area contributed by atoms with Crippen molar-refractivity contribution in [3.63, 3.8) is 0 Å². The lowest BCUT2D eigenvalue weighted by Gasteiger charge is -2.22. The van der Waals surface area contributed by atoms with Crippen LogP contribution in [0.2, 0.25) is 0 Å². The fourth-order valence-corrected chi connectivity index (χ4v) is 5.33. The number of primary amides is 1. The van der Waals surface area contributed by atoms with Gasteiger partial charge in [-0.3, -0.25) is 4.79 Å². The fourth-order valence-electron chi connectivity index (χ4n) is 5.33. The SMILES string of the molecule is CCCCc1c(-c2ccc(C(C)(C)C)cc2)c(C(N)=O)c(C)n1C1CCc2ccccc21. The monoisotopic (exact) mass is 428 g/mol. The molecule has 1 aromatic heterocycles. The normalized spacial score (nSPS) is 15.7. The van der Waals surface area contributed by atoms with Gasteiger partial charge >= 0.3 is 0 Å². The smallest absolute Gasteiger partial charge is 0.251 e. The summed E-state index contributed by atoms with van der Waals surface area (Å²) >= 11 is 0. The summed E-state index contributed by atoms with van der Waals surface area (Å²) in [6, 6.07) is 17.7. The van der Waals surface area contributed by atoms with Crippen molar-refractivity contribution >= 4 is 5.91 Å². The summed E-state index contributed by atoms with van der Waals surface area (Å²) in [7, 11) is 0. The van der Waals surface area contributed by atoms with E-state index in [-0.39, 0.29) is 17.4 Å². The third-order valence-corrected chi connectivity index (χ3v) is 7.02. The number of nitrogens with two attached hydrogens (primary N) is 1. The molecule has 1 heterocycles. The number of nitrogens with zero attached hydrogens (tertiary/aromatic N) is 1. The number of benzene rings is 2. The molecule has 0 bridgehead atoms. The summed E-state index contributed by atoms with van der Waals surface area (Å²) in [6.07, 6.45) is 5.28. The van der Waals surface area contributed by atoms with E-state index in [0.717, 1.165) is 48.9 Å². The average molecular weight is 429 g/mol. The van der Waals surface area contributed by atoms with Crippen molar-refractivity contribution in [2.75, 3.05) is 0 Å². The molecule has 1 aliphatic carbocycles. The molecule has 2 N–H and O–H groups in total. The van der Waals surface area contributed by atoms with Crippen LogP contribution in [0.5, 0.6) is 0 Å². The molecule has 0 saturated carbocycles. The second-order valence-corrected chi connectivity index (χ2v) is 10.2. The van der Waals surface area contributed by atoms with Gasteiger partial charge in [0.1, 0.15) is 0 Å². The van der Waals surface area contributed by atoms with E-state index in [2.05, 4.69) is 87.7 Å². The highest BCUT2D eigenvalue weighted by atomic mass is 16.1. The Bertz CT molecular complexity index is 1130. The standard InChI is InChI=1S/C29H36N2O/c1-6-7-12-25-27(21-13-16-22(17-14-21)29(3,4)5)26(28(30)32)19(2)31(25)24-18-15-20-10-8-9-11-23(20)24/h8-11,13-14,16-17,24H,6-7,12,15,18H2,1-5H3,(H2,30,32). The van der Waals surface area contributed by atoms with Crippen molar-refractivity contribution in [1.82, 2.24) is 4.57 Å². The number of rotatable bonds is 6. The summed E-state index contributed by atoms with van der Waals surface area (Å²) in [6.45, 7) is 11.0. The first kappa shape index (κ1) is 22.4. The topological polar surface area (TPSA) is 48.0 Å². The van der Waals surface area contributed by atoms with Crippen LogP contribution in [0.3, 0.4) is 0 Å². The van der Waals surface area contributed by atoms with Gasteiger partial charge in [0.05, 0.1) is 11.6 Å². The van der Waals surface area contributed by atoms with Gasteiger partial charge in [0, 0.05) is 17.0 Å². The lowest BCUT2D eigenvalue weighted by atomic mass is 9.86. The van der Waals surface area contributed by atoms with E-state index in [1.54, 1.807) is 0 Å². The van der Waals surface area contributed by atoms with Crippen LogP contribution in [0.25, 0.3) is 11.1 Å². The molecule has 1 unspecified atom stereocenters. The molecule has 1 amide bonds. The van der Waals surface area contributed by atoms with Crippen LogP contribution in [0.15, 0.2) is 48.5 Å². The number of amides is 1. The summed E-state index contributed by atoms with van der Waals surface area (Å²) in [5.74, 6) is -0.333. The molecule has 32 heavy (non-hydrogen) atoms. The zero-order valence-corrected chi connectivity index (χ0v) is 20.2. The minimum atomic E-state index is -0.333. The highest BCUT2D eigenvalue weighted by Crippen LogP contribution is 2.42. The van der Waals surface area contributed by atoms with Crippen molar-refractivity contribution < 1.29 is 4.79 Å². The van der Waals surface area contributed by atoms with Crippen LogP contribution in [-0.4, -0.2) is 10.5 Å². The van der Waals surface area contributed by atoms with Gasteiger partial charge in [-0.2, -0.15) is 0 Å². The molecule has 3 heteroatoms. The molecular weight excluding hydrogens is 392 g/mol. The molecule has 4 rings (SSSR count). The van der Waals surface area contributed by atoms with Gasteiger partial charge in [0.15, 0.2) is 0 Å². The zero-order chi connectivity index (χ0) is 23.0. The predicted octanol–water partition coefficient (Wildman–Crippen LogP) is 6.74. The Morgan fingerprint density at radius 3 is 2.41 bits per heavy atom. The minimum absolute atomic E-state index is 0.0888. The molecule has 0 aliphatic heterocycles. The number of carbonyl (C=O) groups is 1. The molecule has 0 fully saturated rings. The first-order valence-corrected chi connectivity index (χ1v) is 12.0. The van der Waals surface area contributed by atoms with Crippen LogP contribution >= 0.6 is 0 Å². The third-order valence-electron chi connectivity index (χ3n) is 7.02. The van der Waals surface area contributed by atoms with Crippen molar-refractivity contribution in [3.8, 4) is 11.1 Å². The summed E-state index contributed by atoms with van der Waals surface area (Å²) in [4.78, 5) is 12.8. The summed E-state index contributed by atoms with van der Waals surface area (Å²) < 4.78 is 2.44. The number of hydrogen-bond acceptors (Lipinski definition) is 1. The Morgan fingerprint density at radius 1 is 1.09 bits per heavy atom. The van der Waals surface area contributed by atoms with E-state index in [1.165, 1.54) is 22.4 Å². The van der Waals surface area contributed by atoms with Gasteiger partial charge in [-0.15, -0.1) is 0 Å². The Labute approximate surface area is 192 Å². The largest absolute Gasteiger partial charge is 0.366 e. The lowest BCUT2D eigenvalue weighted by molar-refractivity contribution is 0.1000. The Hall–Kier alpha value is -2.81. The third kappa shape index (κ3) is 3.90. The van der Waals surface area contributed by atoms with Gasteiger partial charge in [-0.1, -0.05) is 82.6 Å². The van der Waals surface area contributed by atoms with E-state index < -0.39 is 0 Å². The molecule has 1 atom stereocenters. The first-order valence-electron chi connectivity index (χ1n) is 12.0. The average Bonchev–Trinajstić information content (AvgIpc) is 3.30. The maximum absolute atomic E-state index is 12.8. The van der Waals surface area contributed by atoms with Crippen LogP contribution in [0.4, 0.5) is 0 Å². The van der Waals surface area contributed by atoms with E-state index in [0.29, 0.717) is 5.56 Å². The Kier molecular flexibility index (Phi) is 6.03. The minimum Gasteiger partial charge on any atom is -0.366 e. The fraction of sp³-hybridized carbons (Fsp3) is 0.414. The van der Waals surface area contributed by atoms with Crippen LogP contribution in [0.1, 0.15) is 91.4 Å². The highest BCUT2D eigenvalue weighted by molar-refractivity contribution is 6.02. The van der Waals surface area contributed by atoms with Crippen molar-refractivity contribution in [1.29, 1.82) is 0 Å². The molecule has 0 spiro atoms. The number of fused-ring (bicyclic) bond motifs is 1. The zero-order valence-electron chi connectivity index (χ0n) is 20.2. The van der Waals surface area contributed by atoms with Crippen molar-refractivity contribution in [3.05, 3.63) is 82.2 Å². The predicted molar refractivity (Wildman–Crippen MR) is 133 cm³/mol.